The Morgan fingerprint density at radius 1 is 1.00 bits per heavy atom. The third-order valence-electron chi connectivity index (χ3n) is 7.46. The number of rotatable bonds is 4. The fourth-order valence-electron chi connectivity index (χ4n) is 5.36. The van der Waals surface area contributed by atoms with Crippen molar-refractivity contribution < 1.29 is 4.39 Å². The molecule has 0 amide bonds. The molecule has 1 fully saturated rings. The quantitative estimate of drug-likeness (QED) is 0.455. The number of aryl methyl sites for hydroxylation is 2. The van der Waals surface area contributed by atoms with Gasteiger partial charge in [0.1, 0.15) is 17.3 Å². The maximum absolute atomic E-state index is 15.0. The lowest BCUT2D eigenvalue weighted by molar-refractivity contribution is 0.313. The number of nitrogens with one attached hydrogen (secondary N) is 1. The van der Waals surface area contributed by atoms with E-state index in [1.54, 1.807) is 0 Å². The van der Waals surface area contributed by atoms with Crippen molar-refractivity contribution in [2.24, 2.45) is 0 Å². The van der Waals surface area contributed by atoms with Crippen molar-refractivity contribution >= 4 is 28.5 Å². The molecule has 0 atom stereocenters. The highest BCUT2D eigenvalue weighted by atomic mass is 19.1. The van der Waals surface area contributed by atoms with E-state index in [0.29, 0.717) is 17.3 Å². The number of hydrogen-bond donors (Lipinski definition) is 1. The van der Waals surface area contributed by atoms with Gasteiger partial charge in [-0.3, -0.25) is 0 Å². The molecule has 1 aromatic carbocycles. The van der Waals surface area contributed by atoms with Gasteiger partial charge < -0.3 is 19.7 Å². The molecule has 186 valence electrons. The van der Waals surface area contributed by atoms with Crippen LogP contribution < -0.4 is 10.2 Å². The van der Waals surface area contributed by atoms with Crippen LogP contribution in [0.15, 0.2) is 36.7 Å². The summed E-state index contributed by atoms with van der Waals surface area (Å²) in [5, 5.41) is 3.14. The van der Waals surface area contributed by atoms with Crippen molar-refractivity contribution in [3.63, 3.8) is 0 Å². The molecular weight excluding hydrogens is 455 g/mol. The average molecular weight is 487 g/mol. The molecule has 0 aliphatic carbocycles. The Bertz CT molecular complexity index is 1430. The first-order valence-corrected chi connectivity index (χ1v) is 12.5. The van der Waals surface area contributed by atoms with Crippen LogP contribution in [-0.4, -0.2) is 62.6 Å². The molecule has 4 aromatic rings. The van der Waals surface area contributed by atoms with Gasteiger partial charge in [-0.15, -0.1) is 0 Å². The number of piperazine rings is 1. The number of anilines is 3. The van der Waals surface area contributed by atoms with Crippen LogP contribution in [0.3, 0.4) is 0 Å². The van der Waals surface area contributed by atoms with Gasteiger partial charge in [0.25, 0.3) is 0 Å². The van der Waals surface area contributed by atoms with E-state index in [9.17, 15) is 4.39 Å². The van der Waals surface area contributed by atoms with E-state index < -0.39 is 5.82 Å². The van der Waals surface area contributed by atoms with Crippen molar-refractivity contribution in [1.82, 2.24) is 29.4 Å². The summed E-state index contributed by atoms with van der Waals surface area (Å²) in [7, 11) is 2.14. The number of benzene rings is 1. The highest BCUT2D eigenvalue weighted by Gasteiger charge is 2.32. The van der Waals surface area contributed by atoms with Crippen LogP contribution in [0.2, 0.25) is 0 Å². The number of hydrogen-bond acceptors (Lipinski definition) is 7. The zero-order chi connectivity index (χ0) is 25.0. The molecule has 1 saturated heterocycles. The number of fused-ring (bicyclic) bond motifs is 3. The molecule has 0 radical (unpaired) electrons. The fourth-order valence-corrected chi connectivity index (χ4v) is 5.36. The summed E-state index contributed by atoms with van der Waals surface area (Å²) in [6.45, 7) is 10.5. The second-order valence-electron chi connectivity index (χ2n) is 10.5. The van der Waals surface area contributed by atoms with Gasteiger partial charge in [-0.25, -0.2) is 24.3 Å². The number of likely N-dealkylation sites (N-methyl/N-ethyl adjacent to an activating group) is 1. The van der Waals surface area contributed by atoms with Gasteiger partial charge in [0.15, 0.2) is 5.82 Å². The third kappa shape index (κ3) is 3.97. The highest BCUT2D eigenvalue weighted by molar-refractivity contribution is 5.86. The van der Waals surface area contributed by atoms with Crippen LogP contribution >= 0.6 is 0 Å². The summed E-state index contributed by atoms with van der Waals surface area (Å²) >= 11 is 0. The zero-order valence-corrected chi connectivity index (χ0v) is 21.2. The molecule has 6 rings (SSSR count). The molecule has 5 heterocycles. The zero-order valence-electron chi connectivity index (χ0n) is 21.2. The number of halogens is 1. The minimum absolute atomic E-state index is 0.0198. The lowest BCUT2D eigenvalue weighted by Crippen LogP contribution is -2.44. The highest BCUT2D eigenvalue weighted by Crippen LogP contribution is 2.38. The van der Waals surface area contributed by atoms with Gasteiger partial charge >= 0.3 is 0 Å². The summed E-state index contributed by atoms with van der Waals surface area (Å²) in [5.41, 5.74) is 5.05. The monoisotopic (exact) mass is 486 g/mol. The molecular formula is C27H31FN8. The first-order chi connectivity index (χ1) is 17.3. The molecule has 0 bridgehead atoms. The predicted molar refractivity (Wildman–Crippen MR) is 140 cm³/mol. The minimum atomic E-state index is -0.460. The smallest absolute Gasteiger partial charge is 0.229 e. The Kier molecular flexibility index (Phi) is 5.40. The lowest BCUT2D eigenvalue weighted by Gasteiger charge is -2.33. The van der Waals surface area contributed by atoms with E-state index in [1.807, 2.05) is 37.4 Å². The maximum Gasteiger partial charge on any atom is 0.229 e. The largest absolute Gasteiger partial charge is 0.368 e. The Labute approximate surface area is 210 Å². The van der Waals surface area contributed by atoms with Crippen LogP contribution in [0.25, 0.3) is 22.3 Å². The Hall–Kier alpha value is -3.59. The number of imidazole rings is 1. The molecule has 0 saturated carbocycles. The maximum atomic E-state index is 15.0. The summed E-state index contributed by atoms with van der Waals surface area (Å²) in [6.07, 6.45) is 5.07. The van der Waals surface area contributed by atoms with E-state index in [0.717, 1.165) is 67.1 Å². The number of pyridine rings is 1. The predicted octanol–water partition coefficient (Wildman–Crippen LogP) is 4.51. The van der Waals surface area contributed by atoms with Crippen molar-refractivity contribution in [2.75, 3.05) is 43.4 Å². The number of nitrogens with zero attached hydrogens (tertiary/aromatic N) is 7. The molecule has 2 aliphatic rings. The van der Waals surface area contributed by atoms with Gasteiger partial charge in [-0.05, 0) is 64.1 Å². The molecule has 0 unspecified atom stereocenters. The lowest BCUT2D eigenvalue weighted by atomic mass is 10.0. The molecule has 9 heteroatoms. The third-order valence-corrected chi connectivity index (χ3v) is 7.46. The van der Waals surface area contributed by atoms with Gasteiger partial charge in [0, 0.05) is 43.7 Å². The average Bonchev–Trinajstić information content (AvgIpc) is 3.39. The topological polar surface area (TPSA) is 75.0 Å². The Morgan fingerprint density at radius 3 is 2.56 bits per heavy atom. The van der Waals surface area contributed by atoms with Crippen LogP contribution in [0, 0.1) is 12.7 Å². The Morgan fingerprint density at radius 2 is 1.81 bits per heavy atom. The Balaban J connectivity index is 1.29. The molecule has 3 aromatic heterocycles. The fraction of sp³-hybridized carbons (Fsp3) is 0.407. The summed E-state index contributed by atoms with van der Waals surface area (Å²) in [5.74, 6) is 1.56. The van der Waals surface area contributed by atoms with Crippen molar-refractivity contribution in [1.29, 1.82) is 0 Å². The second kappa shape index (κ2) is 8.51. The van der Waals surface area contributed by atoms with Gasteiger partial charge in [0.2, 0.25) is 5.95 Å². The van der Waals surface area contributed by atoms with Gasteiger partial charge in [-0.1, -0.05) is 0 Å². The number of aromatic nitrogens is 5. The van der Waals surface area contributed by atoms with E-state index in [2.05, 4.69) is 55.5 Å². The van der Waals surface area contributed by atoms with Crippen LogP contribution in [0.1, 0.15) is 31.7 Å². The van der Waals surface area contributed by atoms with E-state index in [-0.39, 0.29) is 11.2 Å². The van der Waals surface area contributed by atoms with Gasteiger partial charge in [-0.2, -0.15) is 0 Å². The van der Waals surface area contributed by atoms with Crippen LogP contribution in [-0.2, 0) is 12.0 Å². The minimum Gasteiger partial charge on any atom is -0.368 e. The molecule has 8 nitrogen and oxygen atoms in total. The normalized spacial score (nSPS) is 17.5. The summed E-state index contributed by atoms with van der Waals surface area (Å²) < 4.78 is 17.3. The molecule has 36 heavy (non-hydrogen) atoms. The van der Waals surface area contributed by atoms with Crippen molar-refractivity contribution in [2.45, 2.75) is 39.2 Å². The first kappa shape index (κ1) is 22.8. The molecule has 2 aliphatic heterocycles. The summed E-state index contributed by atoms with van der Waals surface area (Å²) in [6, 6.07) is 7.92. The van der Waals surface area contributed by atoms with Crippen molar-refractivity contribution in [3.05, 3.63) is 53.9 Å². The van der Waals surface area contributed by atoms with Gasteiger partial charge in [0.05, 0.1) is 29.1 Å². The van der Waals surface area contributed by atoms with E-state index >= 15 is 0 Å². The first-order valence-electron chi connectivity index (χ1n) is 12.5. The van der Waals surface area contributed by atoms with Crippen LogP contribution in [0.5, 0.6) is 0 Å². The SMILES string of the molecule is Cc1cc(-c2nc(Nc3ccc(N4CCN(C)CC4)cn3)ncc2F)cc2c1nc1n2C(C)(C)CC1. The standard InChI is InChI=1S/C27H31FN8/c1-17-13-18(14-21-24(17)32-23-7-8-27(2,3)36(21)23)25-20(28)16-30-26(33-25)31-22-6-5-19(15-29-22)35-11-9-34(4)10-12-35/h5-6,13-16H,7-12H2,1-4H3,(H,29,30,31,33). The second-order valence-corrected chi connectivity index (χ2v) is 10.5. The molecule has 1 N–H and O–H groups in total. The summed E-state index contributed by atoms with van der Waals surface area (Å²) in [4.78, 5) is 22.8. The van der Waals surface area contributed by atoms with Crippen LogP contribution in [0.4, 0.5) is 21.8 Å². The molecule has 0 spiro atoms. The van der Waals surface area contributed by atoms with E-state index in [1.165, 1.54) is 6.20 Å². The van der Waals surface area contributed by atoms with Crippen molar-refractivity contribution in [3.8, 4) is 11.3 Å². The van der Waals surface area contributed by atoms with E-state index in [4.69, 9.17) is 4.98 Å².